The number of aryl methyl sites for hydroxylation is 1. The molecule has 0 spiro atoms. The number of aromatic nitrogens is 1. The summed E-state index contributed by atoms with van der Waals surface area (Å²) < 4.78 is 5.52. The molecule has 1 amide bonds. The van der Waals surface area contributed by atoms with E-state index in [9.17, 15) is 4.79 Å². The molecule has 2 rings (SSSR count). The largest absolute Gasteiger partial charge is 0.491 e. The average molecular weight is 348 g/mol. The maximum absolute atomic E-state index is 12.6. The van der Waals surface area contributed by atoms with Crippen LogP contribution in [0.2, 0.25) is 5.02 Å². The molecular formula is C18H22ClN3O2. The first-order chi connectivity index (χ1) is 11.5. The zero-order chi connectivity index (χ0) is 17.5. The predicted octanol–water partition coefficient (Wildman–Crippen LogP) is 2.74. The quantitative estimate of drug-likeness (QED) is 0.807. The molecule has 128 valence electrons. The lowest BCUT2D eigenvalue weighted by atomic mass is 10.1. The second-order valence-corrected chi connectivity index (χ2v) is 6.06. The minimum atomic E-state index is -0.231. The zero-order valence-electron chi connectivity index (χ0n) is 13.9. The van der Waals surface area contributed by atoms with E-state index in [1.165, 1.54) is 0 Å². The van der Waals surface area contributed by atoms with Crippen LogP contribution in [0, 0.1) is 6.92 Å². The lowest BCUT2D eigenvalue weighted by Crippen LogP contribution is -2.34. The van der Waals surface area contributed by atoms with E-state index in [2.05, 4.69) is 10.3 Å². The van der Waals surface area contributed by atoms with Crippen LogP contribution in [0.4, 0.5) is 0 Å². The number of carbonyl (C=O) groups excluding carboxylic acids is 1. The van der Waals surface area contributed by atoms with E-state index in [0.717, 1.165) is 11.3 Å². The number of pyridine rings is 1. The van der Waals surface area contributed by atoms with Gasteiger partial charge in [0.1, 0.15) is 12.4 Å². The fraction of sp³-hybridized carbons (Fsp3) is 0.333. The summed E-state index contributed by atoms with van der Waals surface area (Å²) in [6, 6.07) is 8.79. The van der Waals surface area contributed by atoms with Gasteiger partial charge in [0.2, 0.25) is 0 Å². The third-order valence-electron chi connectivity index (χ3n) is 3.56. The molecule has 2 aromatic rings. The van der Waals surface area contributed by atoms with Crippen molar-refractivity contribution >= 4 is 17.5 Å². The van der Waals surface area contributed by atoms with E-state index < -0.39 is 0 Å². The summed E-state index contributed by atoms with van der Waals surface area (Å²) in [5.74, 6) is 0.245. The molecule has 0 aliphatic rings. The molecule has 0 bridgehead atoms. The Bertz CT molecular complexity index is 706. The molecule has 0 aliphatic carbocycles. The van der Waals surface area contributed by atoms with Crippen LogP contribution in [0.1, 0.15) is 28.5 Å². The number of ether oxygens (including phenoxy) is 1. The molecule has 0 fully saturated rings. The third kappa shape index (κ3) is 4.94. The number of rotatable bonds is 7. The van der Waals surface area contributed by atoms with Gasteiger partial charge in [-0.2, -0.15) is 0 Å². The van der Waals surface area contributed by atoms with Crippen LogP contribution < -0.4 is 15.8 Å². The van der Waals surface area contributed by atoms with Gasteiger partial charge in [-0.15, -0.1) is 0 Å². The van der Waals surface area contributed by atoms with Crippen LogP contribution in [0.3, 0.4) is 0 Å². The second-order valence-electron chi connectivity index (χ2n) is 5.62. The lowest BCUT2D eigenvalue weighted by Gasteiger charge is -2.16. The summed E-state index contributed by atoms with van der Waals surface area (Å²) in [6.45, 7) is 4.66. The van der Waals surface area contributed by atoms with E-state index in [4.69, 9.17) is 22.1 Å². The van der Waals surface area contributed by atoms with E-state index in [-0.39, 0.29) is 11.9 Å². The Morgan fingerprint density at radius 3 is 2.92 bits per heavy atom. The van der Waals surface area contributed by atoms with Gasteiger partial charge in [-0.1, -0.05) is 17.7 Å². The molecule has 24 heavy (non-hydrogen) atoms. The van der Waals surface area contributed by atoms with E-state index in [0.29, 0.717) is 35.9 Å². The molecule has 1 atom stereocenters. The van der Waals surface area contributed by atoms with E-state index in [1.54, 1.807) is 24.4 Å². The molecule has 0 radical (unpaired) electrons. The summed E-state index contributed by atoms with van der Waals surface area (Å²) in [4.78, 5) is 16.9. The van der Waals surface area contributed by atoms with Gasteiger partial charge in [-0.25, -0.2) is 0 Å². The van der Waals surface area contributed by atoms with Crippen molar-refractivity contribution in [1.29, 1.82) is 0 Å². The fourth-order valence-electron chi connectivity index (χ4n) is 2.35. The maximum Gasteiger partial charge on any atom is 0.255 e. The Morgan fingerprint density at radius 1 is 1.42 bits per heavy atom. The first-order valence-electron chi connectivity index (χ1n) is 7.85. The second kappa shape index (κ2) is 8.66. The van der Waals surface area contributed by atoms with E-state index >= 15 is 0 Å². The number of carbonyl (C=O) groups is 1. The molecule has 1 aromatic carbocycles. The first-order valence-corrected chi connectivity index (χ1v) is 8.23. The topological polar surface area (TPSA) is 77.2 Å². The standard InChI is InChI=1S/C18H22ClN3O2/c1-12-4-3-8-21-16(12)10-13(2)22-18(23)15-11-14(19)5-6-17(15)24-9-7-20/h3-6,8,11,13H,7,9-10,20H2,1-2H3,(H,22,23)/t13-/m0/s1. The van der Waals surface area contributed by atoms with Crippen molar-refractivity contribution in [3.8, 4) is 5.75 Å². The normalized spacial score (nSPS) is 11.8. The van der Waals surface area contributed by atoms with Crippen LogP contribution in [0.5, 0.6) is 5.75 Å². The van der Waals surface area contributed by atoms with Crippen molar-refractivity contribution in [2.45, 2.75) is 26.3 Å². The SMILES string of the molecule is Cc1cccnc1C[C@H](C)NC(=O)c1cc(Cl)ccc1OCCN. The van der Waals surface area contributed by atoms with Gasteiger partial charge < -0.3 is 15.8 Å². The smallest absolute Gasteiger partial charge is 0.255 e. The van der Waals surface area contributed by atoms with Crippen molar-refractivity contribution in [2.75, 3.05) is 13.2 Å². The number of halogens is 1. The highest BCUT2D eigenvalue weighted by Gasteiger charge is 2.16. The molecule has 5 nitrogen and oxygen atoms in total. The van der Waals surface area contributed by atoms with Crippen LogP contribution in [0.15, 0.2) is 36.5 Å². The highest BCUT2D eigenvalue weighted by atomic mass is 35.5. The van der Waals surface area contributed by atoms with Crippen molar-refractivity contribution in [3.05, 3.63) is 58.4 Å². The van der Waals surface area contributed by atoms with Crippen molar-refractivity contribution in [1.82, 2.24) is 10.3 Å². The number of nitrogens with one attached hydrogen (secondary N) is 1. The minimum absolute atomic E-state index is 0.0764. The molecule has 0 saturated carbocycles. The number of hydrogen-bond acceptors (Lipinski definition) is 4. The average Bonchev–Trinajstić information content (AvgIpc) is 2.55. The van der Waals surface area contributed by atoms with Crippen molar-refractivity contribution in [2.24, 2.45) is 5.73 Å². The summed E-state index contributed by atoms with van der Waals surface area (Å²) >= 11 is 6.01. The molecule has 6 heteroatoms. The minimum Gasteiger partial charge on any atom is -0.491 e. The summed E-state index contributed by atoms with van der Waals surface area (Å²) in [5, 5.41) is 3.45. The van der Waals surface area contributed by atoms with Crippen LogP contribution >= 0.6 is 11.6 Å². The lowest BCUT2D eigenvalue weighted by molar-refractivity contribution is 0.0936. The van der Waals surface area contributed by atoms with E-state index in [1.807, 2.05) is 26.0 Å². The monoisotopic (exact) mass is 347 g/mol. The van der Waals surface area contributed by atoms with Crippen LogP contribution in [0.25, 0.3) is 0 Å². The van der Waals surface area contributed by atoms with Gasteiger partial charge in [-0.05, 0) is 43.7 Å². The van der Waals surface area contributed by atoms with Gasteiger partial charge in [0.25, 0.3) is 5.91 Å². The fourth-order valence-corrected chi connectivity index (χ4v) is 2.52. The summed E-state index contributed by atoms with van der Waals surface area (Å²) in [5.41, 5.74) is 7.93. The summed E-state index contributed by atoms with van der Waals surface area (Å²) in [6.07, 6.45) is 2.41. The Hall–Kier alpha value is -2.11. The van der Waals surface area contributed by atoms with Gasteiger partial charge in [0, 0.05) is 35.9 Å². The zero-order valence-corrected chi connectivity index (χ0v) is 14.6. The number of benzene rings is 1. The molecular weight excluding hydrogens is 326 g/mol. The Morgan fingerprint density at radius 2 is 2.21 bits per heavy atom. The third-order valence-corrected chi connectivity index (χ3v) is 3.79. The molecule has 0 saturated heterocycles. The van der Waals surface area contributed by atoms with Crippen LogP contribution in [-0.2, 0) is 6.42 Å². The first kappa shape index (κ1) is 18.2. The summed E-state index contributed by atoms with van der Waals surface area (Å²) in [7, 11) is 0. The Labute approximate surface area is 147 Å². The number of nitrogens with zero attached hydrogens (tertiary/aromatic N) is 1. The molecule has 1 heterocycles. The molecule has 1 aromatic heterocycles. The Balaban J connectivity index is 2.08. The predicted molar refractivity (Wildman–Crippen MR) is 95.6 cm³/mol. The highest BCUT2D eigenvalue weighted by Crippen LogP contribution is 2.23. The highest BCUT2D eigenvalue weighted by molar-refractivity contribution is 6.31. The van der Waals surface area contributed by atoms with Gasteiger partial charge in [0.15, 0.2) is 0 Å². The maximum atomic E-state index is 12.6. The number of amides is 1. The molecule has 0 aliphatic heterocycles. The van der Waals surface area contributed by atoms with Gasteiger partial charge >= 0.3 is 0 Å². The molecule has 3 N–H and O–H groups in total. The number of nitrogens with two attached hydrogens (primary N) is 1. The van der Waals surface area contributed by atoms with Crippen LogP contribution in [-0.4, -0.2) is 30.1 Å². The Kier molecular flexibility index (Phi) is 6.58. The number of hydrogen-bond donors (Lipinski definition) is 2. The van der Waals surface area contributed by atoms with Gasteiger partial charge in [0.05, 0.1) is 5.56 Å². The van der Waals surface area contributed by atoms with Crippen molar-refractivity contribution in [3.63, 3.8) is 0 Å². The van der Waals surface area contributed by atoms with Gasteiger partial charge in [-0.3, -0.25) is 9.78 Å². The van der Waals surface area contributed by atoms with Crippen molar-refractivity contribution < 1.29 is 9.53 Å². The molecule has 0 unspecified atom stereocenters.